The van der Waals surface area contributed by atoms with Gasteiger partial charge in [-0.3, -0.25) is 4.79 Å². The van der Waals surface area contributed by atoms with Gasteiger partial charge in [0, 0.05) is 11.0 Å². The molecule has 0 radical (unpaired) electrons. The first kappa shape index (κ1) is 13.5. The summed E-state index contributed by atoms with van der Waals surface area (Å²) in [6.07, 6.45) is 0. The maximum absolute atomic E-state index is 11.2. The van der Waals surface area contributed by atoms with Gasteiger partial charge in [-0.25, -0.2) is 4.79 Å². The monoisotopic (exact) mass is 301 g/mol. The molecule has 0 aliphatic rings. The molecule has 6 heteroatoms. The second-order valence-electron chi connectivity index (χ2n) is 3.19. The number of ether oxygens (including phenoxy) is 1. The molecule has 17 heavy (non-hydrogen) atoms. The molecule has 1 aromatic rings. The summed E-state index contributed by atoms with van der Waals surface area (Å²) in [6, 6.07) is 4.58. The van der Waals surface area contributed by atoms with Gasteiger partial charge in [0.1, 0.15) is 11.3 Å². The van der Waals surface area contributed by atoms with Crippen LogP contribution in [0, 0.1) is 0 Å². The molecule has 1 rings (SSSR count). The van der Waals surface area contributed by atoms with Crippen LogP contribution >= 0.6 is 15.9 Å². The molecule has 1 amide bonds. The molecule has 2 N–H and O–H groups in total. The summed E-state index contributed by atoms with van der Waals surface area (Å²) in [5.74, 6) is -1.21. The average molecular weight is 302 g/mol. The average Bonchev–Trinajstić information content (AvgIpc) is 2.27. The van der Waals surface area contributed by atoms with Gasteiger partial charge in [0.25, 0.3) is 5.91 Å². The van der Waals surface area contributed by atoms with Gasteiger partial charge >= 0.3 is 5.97 Å². The van der Waals surface area contributed by atoms with Gasteiger partial charge in [-0.05, 0) is 25.1 Å². The molecule has 0 aliphatic carbocycles. The van der Waals surface area contributed by atoms with E-state index >= 15 is 0 Å². The minimum Gasteiger partial charge on any atom is -0.483 e. The van der Waals surface area contributed by atoms with E-state index in [1.54, 1.807) is 13.0 Å². The third kappa shape index (κ3) is 4.07. The van der Waals surface area contributed by atoms with Gasteiger partial charge in [0.2, 0.25) is 0 Å². The Morgan fingerprint density at radius 3 is 2.76 bits per heavy atom. The molecule has 0 aromatic heterocycles. The zero-order valence-corrected chi connectivity index (χ0v) is 10.8. The maximum atomic E-state index is 11.2. The summed E-state index contributed by atoms with van der Waals surface area (Å²) in [5.41, 5.74) is 0.0173. The van der Waals surface area contributed by atoms with Crippen molar-refractivity contribution in [1.82, 2.24) is 5.32 Å². The highest BCUT2D eigenvalue weighted by Crippen LogP contribution is 2.23. The summed E-state index contributed by atoms with van der Waals surface area (Å²) in [4.78, 5) is 22.1. The summed E-state index contributed by atoms with van der Waals surface area (Å²) < 4.78 is 5.79. The molecule has 0 saturated heterocycles. The molecule has 92 valence electrons. The second kappa shape index (κ2) is 6.24. The molecule has 0 heterocycles. The van der Waals surface area contributed by atoms with Gasteiger partial charge < -0.3 is 15.2 Å². The highest BCUT2D eigenvalue weighted by Gasteiger charge is 2.12. The van der Waals surface area contributed by atoms with E-state index in [1.807, 2.05) is 0 Å². The number of benzene rings is 1. The number of amides is 1. The Balaban J connectivity index is 2.77. The summed E-state index contributed by atoms with van der Waals surface area (Å²) in [5, 5.41) is 11.5. The summed E-state index contributed by atoms with van der Waals surface area (Å²) in [6.45, 7) is 2.10. The second-order valence-corrected chi connectivity index (χ2v) is 4.10. The zero-order valence-electron chi connectivity index (χ0n) is 9.20. The number of hydrogen-bond acceptors (Lipinski definition) is 3. The van der Waals surface area contributed by atoms with Gasteiger partial charge in [-0.15, -0.1) is 0 Å². The van der Waals surface area contributed by atoms with Gasteiger partial charge in [0.05, 0.1) is 0 Å². The number of aromatic carboxylic acids is 1. The van der Waals surface area contributed by atoms with E-state index in [2.05, 4.69) is 21.2 Å². The van der Waals surface area contributed by atoms with E-state index in [9.17, 15) is 9.59 Å². The van der Waals surface area contributed by atoms with Crippen molar-refractivity contribution in [3.8, 4) is 5.75 Å². The van der Waals surface area contributed by atoms with Crippen LogP contribution < -0.4 is 10.1 Å². The molecule has 0 unspecified atom stereocenters. The predicted octanol–water partition coefficient (Wildman–Crippen LogP) is 1.66. The Hall–Kier alpha value is -1.56. The van der Waals surface area contributed by atoms with Crippen LogP contribution in [0.15, 0.2) is 22.7 Å². The molecule has 0 atom stereocenters. The van der Waals surface area contributed by atoms with Crippen LogP contribution in [-0.2, 0) is 4.79 Å². The number of hydrogen-bond donors (Lipinski definition) is 2. The molecule has 0 spiro atoms. The number of likely N-dealkylation sites (N-methyl/N-ethyl adjacent to an activating group) is 1. The Labute approximate surface area is 107 Å². The SMILES string of the molecule is CCNC(=O)COc1ccc(Br)cc1C(=O)O. The lowest BCUT2D eigenvalue weighted by atomic mass is 10.2. The van der Waals surface area contributed by atoms with Crippen molar-refractivity contribution in [1.29, 1.82) is 0 Å². The Kier molecular flexibility index (Phi) is 4.96. The van der Waals surface area contributed by atoms with E-state index < -0.39 is 5.97 Å². The molecule has 0 aliphatic heterocycles. The van der Waals surface area contributed by atoms with Crippen molar-refractivity contribution >= 4 is 27.8 Å². The summed E-state index contributed by atoms with van der Waals surface area (Å²) in [7, 11) is 0. The third-order valence-corrected chi connectivity index (χ3v) is 2.40. The highest BCUT2D eigenvalue weighted by atomic mass is 79.9. The van der Waals surface area contributed by atoms with Crippen molar-refractivity contribution < 1.29 is 19.4 Å². The standard InChI is InChI=1S/C11H12BrNO4/c1-2-13-10(14)6-17-9-4-3-7(12)5-8(9)11(15)16/h3-5H,2,6H2,1H3,(H,13,14)(H,15,16). The zero-order chi connectivity index (χ0) is 12.8. The van der Waals surface area contributed by atoms with Crippen LogP contribution in [0.2, 0.25) is 0 Å². The fourth-order valence-corrected chi connectivity index (χ4v) is 1.55. The van der Waals surface area contributed by atoms with Crippen LogP contribution in [-0.4, -0.2) is 30.1 Å². The first-order valence-electron chi connectivity index (χ1n) is 4.97. The maximum Gasteiger partial charge on any atom is 0.339 e. The topological polar surface area (TPSA) is 75.6 Å². The number of carbonyl (C=O) groups excluding carboxylic acids is 1. The smallest absolute Gasteiger partial charge is 0.339 e. The number of halogens is 1. The van der Waals surface area contributed by atoms with Crippen LogP contribution in [0.4, 0.5) is 0 Å². The van der Waals surface area contributed by atoms with E-state index in [-0.39, 0.29) is 23.8 Å². The molecular formula is C11H12BrNO4. The van der Waals surface area contributed by atoms with E-state index in [0.717, 1.165) is 0 Å². The fourth-order valence-electron chi connectivity index (χ4n) is 1.19. The molecular weight excluding hydrogens is 290 g/mol. The molecule has 0 saturated carbocycles. The number of carbonyl (C=O) groups is 2. The van der Waals surface area contributed by atoms with Crippen LogP contribution in [0.3, 0.4) is 0 Å². The summed E-state index contributed by atoms with van der Waals surface area (Å²) >= 11 is 3.17. The largest absolute Gasteiger partial charge is 0.483 e. The number of carboxylic acids is 1. The first-order chi connectivity index (χ1) is 8.04. The van der Waals surface area contributed by atoms with Gasteiger partial charge in [0.15, 0.2) is 6.61 Å². The predicted molar refractivity (Wildman–Crippen MR) is 65.3 cm³/mol. The van der Waals surface area contributed by atoms with Crippen molar-refractivity contribution in [3.05, 3.63) is 28.2 Å². The normalized spacial score (nSPS) is 9.76. The van der Waals surface area contributed by atoms with E-state index in [4.69, 9.17) is 9.84 Å². The van der Waals surface area contributed by atoms with Crippen LogP contribution in [0.1, 0.15) is 17.3 Å². The molecule has 0 fully saturated rings. The molecule has 5 nitrogen and oxygen atoms in total. The van der Waals surface area contributed by atoms with Crippen molar-refractivity contribution in [2.75, 3.05) is 13.2 Å². The molecule has 1 aromatic carbocycles. The van der Waals surface area contributed by atoms with Crippen molar-refractivity contribution in [3.63, 3.8) is 0 Å². The number of carboxylic acid groups (broad SMARTS) is 1. The lowest BCUT2D eigenvalue weighted by Gasteiger charge is -2.09. The van der Waals surface area contributed by atoms with Gasteiger partial charge in [-0.2, -0.15) is 0 Å². The minimum absolute atomic E-state index is 0.0173. The Morgan fingerprint density at radius 1 is 1.47 bits per heavy atom. The Morgan fingerprint density at radius 2 is 2.18 bits per heavy atom. The fraction of sp³-hybridized carbons (Fsp3) is 0.273. The van der Waals surface area contributed by atoms with Crippen molar-refractivity contribution in [2.24, 2.45) is 0 Å². The van der Waals surface area contributed by atoms with E-state index in [0.29, 0.717) is 11.0 Å². The Bertz CT molecular complexity index is 433. The van der Waals surface area contributed by atoms with Crippen molar-refractivity contribution in [2.45, 2.75) is 6.92 Å². The number of rotatable bonds is 5. The van der Waals surface area contributed by atoms with Crippen LogP contribution in [0.5, 0.6) is 5.75 Å². The highest BCUT2D eigenvalue weighted by molar-refractivity contribution is 9.10. The third-order valence-electron chi connectivity index (χ3n) is 1.90. The quantitative estimate of drug-likeness (QED) is 0.867. The lowest BCUT2D eigenvalue weighted by Crippen LogP contribution is -2.28. The first-order valence-corrected chi connectivity index (χ1v) is 5.76. The van der Waals surface area contributed by atoms with Gasteiger partial charge in [-0.1, -0.05) is 15.9 Å². The minimum atomic E-state index is -1.10. The lowest BCUT2D eigenvalue weighted by molar-refractivity contribution is -0.123. The molecule has 0 bridgehead atoms. The van der Waals surface area contributed by atoms with E-state index in [1.165, 1.54) is 12.1 Å². The van der Waals surface area contributed by atoms with Crippen LogP contribution in [0.25, 0.3) is 0 Å². The number of nitrogens with one attached hydrogen (secondary N) is 1.